The van der Waals surface area contributed by atoms with Crippen molar-refractivity contribution in [3.05, 3.63) is 51.5 Å². The number of aliphatic hydroxyl groups is 1. The third-order valence-electron chi connectivity index (χ3n) is 7.56. The number of imidazole rings is 1. The molecule has 6 rings (SSSR count). The average Bonchev–Trinajstić information content (AvgIpc) is 3.60. The number of nitrogens with zero attached hydrogens (tertiary/aromatic N) is 5. The van der Waals surface area contributed by atoms with E-state index >= 15 is 0 Å². The summed E-state index contributed by atoms with van der Waals surface area (Å²) in [5.74, 6) is 0.727. The van der Waals surface area contributed by atoms with E-state index in [1.165, 1.54) is 6.33 Å². The number of aliphatic hydroxyl groups excluding tert-OH is 1. The molecule has 2 saturated heterocycles. The van der Waals surface area contributed by atoms with Crippen LogP contribution in [0.3, 0.4) is 0 Å². The van der Waals surface area contributed by atoms with Gasteiger partial charge in [0.15, 0.2) is 0 Å². The predicted octanol–water partition coefficient (Wildman–Crippen LogP) is 3.53. The second-order valence-corrected chi connectivity index (χ2v) is 11.3. The molecule has 2 aliphatic heterocycles. The number of thiophene rings is 1. The second-order valence-electron chi connectivity index (χ2n) is 10.2. The zero-order chi connectivity index (χ0) is 25.8. The van der Waals surface area contributed by atoms with Gasteiger partial charge < -0.3 is 15.0 Å². The summed E-state index contributed by atoms with van der Waals surface area (Å²) in [6.45, 7) is 4.42. The first-order chi connectivity index (χ1) is 17.7. The average molecular weight is 533 g/mol. The van der Waals surface area contributed by atoms with Crippen LogP contribution in [0, 0.1) is 5.41 Å². The summed E-state index contributed by atoms with van der Waals surface area (Å²) in [4.78, 5) is 29.2. The zero-order valence-electron chi connectivity index (χ0n) is 20.1. The summed E-state index contributed by atoms with van der Waals surface area (Å²) < 4.78 is 40.3. The van der Waals surface area contributed by atoms with Crippen molar-refractivity contribution in [3.8, 4) is 0 Å². The van der Waals surface area contributed by atoms with Crippen LogP contribution in [0.5, 0.6) is 0 Å². The van der Waals surface area contributed by atoms with Crippen molar-refractivity contribution < 1.29 is 18.3 Å². The van der Waals surface area contributed by atoms with Gasteiger partial charge in [-0.15, -0.1) is 11.3 Å². The Kier molecular flexibility index (Phi) is 6.00. The standard InChI is InChI=1S/C25H27F3N6O2S/c26-25(27,28)11-17-10-18-21(29-15-30-22(18)37-17)33-6-4-24(14-33)3-5-32(13-24)12-16-1-2-19-20(9-16)34(7-8-35)23(36)31-19/h1-2,9-10,15,35H,3-8,11-14H2,(H,31,36). The summed E-state index contributed by atoms with van der Waals surface area (Å²) in [7, 11) is 0. The first-order valence-corrected chi connectivity index (χ1v) is 13.1. The molecule has 0 radical (unpaired) electrons. The minimum Gasteiger partial charge on any atom is -0.395 e. The first kappa shape index (κ1) is 24.4. The minimum absolute atomic E-state index is 0.101. The highest BCUT2D eigenvalue weighted by atomic mass is 32.1. The van der Waals surface area contributed by atoms with E-state index < -0.39 is 12.6 Å². The summed E-state index contributed by atoms with van der Waals surface area (Å²) in [5, 5.41) is 10.0. The molecule has 0 bridgehead atoms. The Labute approximate surface area is 214 Å². The summed E-state index contributed by atoms with van der Waals surface area (Å²) >= 11 is 1.09. The quantitative estimate of drug-likeness (QED) is 0.395. The van der Waals surface area contributed by atoms with Crippen LogP contribution in [-0.4, -0.2) is 68.5 Å². The van der Waals surface area contributed by atoms with E-state index in [1.54, 1.807) is 10.6 Å². The smallest absolute Gasteiger partial charge is 0.393 e. The maximum absolute atomic E-state index is 12.9. The molecule has 1 unspecified atom stereocenters. The van der Waals surface area contributed by atoms with Gasteiger partial charge in [0.25, 0.3) is 0 Å². The lowest BCUT2D eigenvalue weighted by atomic mass is 9.86. The van der Waals surface area contributed by atoms with Gasteiger partial charge in [0.2, 0.25) is 0 Å². The summed E-state index contributed by atoms with van der Waals surface area (Å²) in [5.41, 5.74) is 2.56. The Morgan fingerprint density at radius 2 is 1.97 bits per heavy atom. The number of aromatic nitrogens is 4. The lowest BCUT2D eigenvalue weighted by Gasteiger charge is -2.25. The number of H-pyrrole nitrogens is 1. The SMILES string of the molecule is O=c1[nH]c2ccc(CN3CCC4(CCN(c5ncnc6sc(CC(F)(F)F)cc56)C4)C3)cc2n1CCO. The van der Waals surface area contributed by atoms with E-state index in [0.29, 0.717) is 10.2 Å². The van der Waals surface area contributed by atoms with Gasteiger partial charge in [0.05, 0.1) is 36.0 Å². The highest BCUT2D eigenvalue weighted by Crippen LogP contribution is 2.43. The van der Waals surface area contributed by atoms with Crippen LogP contribution in [0.25, 0.3) is 21.3 Å². The molecule has 37 heavy (non-hydrogen) atoms. The van der Waals surface area contributed by atoms with Gasteiger partial charge in [-0.25, -0.2) is 14.8 Å². The first-order valence-electron chi connectivity index (χ1n) is 12.3. The zero-order valence-corrected chi connectivity index (χ0v) is 20.9. The van der Waals surface area contributed by atoms with Gasteiger partial charge in [-0.1, -0.05) is 6.07 Å². The number of alkyl halides is 3. The topological polar surface area (TPSA) is 90.3 Å². The van der Waals surface area contributed by atoms with Gasteiger partial charge in [-0.3, -0.25) is 9.47 Å². The lowest BCUT2D eigenvalue weighted by molar-refractivity contribution is -0.126. The summed E-state index contributed by atoms with van der Waals surface area (Å²) in [6, 6.07) is 7.56. The molecule has 2 N–H and O–H groups in total. The highest BCUT2D eigenvalue weighted by Gasteiger charge is 2.44. The van der Waals surface area contributed by atoms with Gasteiger partial charge in [0.1, 0.15) is 17.0 Å². The lowest BCUT2D eigenvalue weighted by Crippen LogP contribution is -2.31. The maximum atomic E-state index is 12.9. The number of aromatic amines is 1. The fourth-order valence-corrected chi connectivity index (χ4v) is 6.94. The van der Waals surface area contributed by atoms with E-state index in [4.69, 9.17) is 0 Å². The predicted molar refractivity (Wildman–Crippen MR) is 136 cm³/mol. The van der Waals surface area contributed by atoms with Crippen LogP contribution in [0.15, 0.2) is 35.4 Å². The van der Waals surface area contributed by atoms with Gasteiger partial charge >= 0.3 is 11.9 Å². The number of benzene rings is 1. The Morgan fingerprint density at radius 3 is 2.78 bits per heavy atom. The van der Waals surface area contributed by atoms with Crippen molar-refractivity contribution in [3.63, 3.8) is 0 Å². The minimum atomic E-state index is -4.25. The van der Waals surface area contributed by atoms with E-state index in [2.05, 4.69) is 24.8 Å². The van der Waals surface area contributed by atoms with E-state index in [9.17, 15) is 23.1 Å². The molecule has 196 valence electrons. The van der Waals surface area contributed by atoms with E-state index in [0.717, 1.165) is 79.3 Å². The van der Waals surface area contributed by atoms with E-state index in [-0.39, 0.29) is 29.1 Å². The normalized spacial score (nSPS) is 20.8. The third-order valence-corrected chi connectivity index (χ3v) is 8.60. The molecule has 0 aliphatic carbocycles. The Bertz CT molecular complexity index is 1510. The second kappa shape index (κ2) is 9.10. The molecular formula is C25H27F3N6O2S. The van der Waals surface area contributed by atoms with Crippen LogP contribution in [0.1, 0.15) is 23.3 Å². The molecule has 1 spiro atoms. The molecule has 2 aliphatic rings. The van der Waals surface area contributed by atoms with Crippen molar-refractivity contribution in [2.24, 2.45) is 5.41 Å². The molecule has 3 aromatic heterocycles. The van der Waals surface area contributed by atoms with Crippen molar-refractivity contribution in [1.29, 1.82) is 0 Å². The number of halogens is 3. The maximum Gasteiger partial charge on any atom is 0.393 e. The molecule has 2 fully saturated rings. The van der Waals surface area contributed by atoms with E-state index in [1.807, 2.05) is 18.2 Å². The fraction of sp³-hybridized carbons (Fsp3) is 0.480. The number of rotatable bonds is 6. The third kappa shape index (κ3) is 4.73. The molecule has 0 amide bonds. The highest BCUT2D eigenvalue weighted by molar-refractivity contribution is 7.18. The number of nitrogens with one attached hydrogen (secondary N) is 1. The van der Waals surface area contributed by atoms with Crippen molar-refractivity contribution >= 4 is 38.4 Å². The van der Waals surface area contributed by atoms with Crippen molar-refractivity contribution in [2.45, 2.75) is 38.5 Å². The van der Waals surface area contributed by atoms with Crippen LogP contribution in [-0.2, 0) is 19.5 Å². The van der Waals surface area contributed by atoms with Crippen molar-refractivity contribution in [1.82, 2.24) is 24.4 Å². The molecule has 4 aromatic rings. The van der Waals surface area contributed by atoms with Gasteiger partial charge in [-0.2, -0.15) is 13.2 Å². The molecule has 1 atom stereocenters. The van der Waals surface area contributed by atoms with Crippen molar-refractivity contribution in [2.75, 3.05) is 37.7 Å². The Hall–Kier alpha value is -2.96. The monoisotopic (exact) mass is 532 g/mol. The Morgan fingerprint density at radius 1 is 1.14 bits per heavy atom. The Balaban J connectivity index is 1.17. The number of hydrogen-bond donors (Lipinski definition) is 2. The largest absolute Gasteiger partial charge is 0.395 e. The molecule has 8 nitrogen and oxygen atoms in total. The fourth-order valence-electron chi connectivity index (χ4n) is 5.92. The number of anilines is 1. The van der Waals surface area contributed by atoms with Crippen LogP contribution < -0.4 is 10.6 Å². The van der Waals surface area contributed by atoms with Crippen LogP contribution in [0.2, 0.25) is 0 Å². The summed E-state index contributed by atoms with van der Waals surface area (Å²) in [6.07, 6.45) is -1.70. The van der Waals surface area contributed by atoms with Crippen LogP contribution >= 0.6 is 11.3 Å². The van der Waals surface area contributed by atoms with Crippen LogP contribution in [0.4, 0.5) is 19.0 Å². The van der Waals surface area contributed by atoms with Gasteiger partial charge in [-0.05, 0) is 43.1 Å². The number of hydrogen-bond acceptors (Lipinski definition) is 7. The molecule has 1 aromatic carbocycles. The van der Waals surface area contributed by atoms with Gasteiger partial charge in [0, 0.05) is 36.5 Å². The molecular weight excluding hydrogens is 505 g/mol. The molecule has 0 saturated carbocycles. The molecule has 5 heterocycles. The number of fused-ring (bicyclic) bond motifs is 2. The molecule has 12 heteroatoms. The number of likely N-dealkylation sites (tertiary alicyclic amines) is 1.